The van der Waals surface area contributed by atoms with Gasteiger partial charge in [-0.15, -0.1) is 11.8 Å². The van der Waals surface area contributed by atoms with E-state index in [2.05, 4.69) is 0 Å². The molecule has 2 saturated heterocycles. The molecule has 6 nitrogen and oxygen atoms in total. The molecule has 2 heterocycles. The zero-order chi connectivity index (χ0) is 15.5. The lowest BCUT2D eigenvalue weighted by Crippen LogP contribution is -2.23. The zero-order valence-electron chi connectivity index (χ0n) is 11.7. The van der Waals surface area contributed by atoms with E-state index in [4.69, 9.17) is 14.2 Å². The van der Waals surface area contributed by atoms with Crippen LogP contribution in [0.3, 0.4) is 0 Å². The molecular formula is C15H14O6S. The van der Waals surface area contributed by atoms with Crippen LogP contribution in [0.1, 0.15) is 23.2 Å². The fraction of sp³-hybridized carbons (Fsp3) is 0.400. The molecule has 116 valence electrons. The highest BCUT2D eigenvalue weighted by Gasteiger charge is 2.32. The van der Waals surface area contributed by atoms with Crippen molar-refractivity contribution >= 4 is 29.7 Å². The van der Waals surface area contributed by atoms with Crippen LogP contribution < -0.4 is 0 Å². The van der Waals surface area contributed by atoms with Crippen LogP contribution in [0.15, 0.2) is 29.2 Å². The third-order valence-corrected chi connectivity index (χ3v) is 4.72. The summed E-state index contributed by atoms with van der Waals surface area (Å²) in [4.78, 5) is 35.8. The normalized spacial score (nSPS) is 24.0. The van der Waals surface area contributed by atoms with Gasteiger partial charge in [-0.1, -0.05) is 12.1 Å². The molecule has 0 aromatic heterocycles. The van der Waals surface area contributed by atoms with Crippen LogP contribution in [-0.4, -0.2) is 42.5 Å². The number of carbonyl (C=O) groups excluding carboxylic acids is 3. The van der Waals surface area contributed by atoms with Gasteiger partial charge in [-0.05, 0) is 12.1 Å². The van der Waals surface area contributed by atoms with Crippen molar-refractivity contribution < 1.29 is 28.6 Å². The highest BCUT2D eigenvalue weighted by molar-refractivity contribution is 8.00. The molecule has 0 N–H and O–H groups in total. The van der Waals surface area contributed by atoms with Crippen molar-refractivity contribution in [1.29, 1.82) is 0 Å². The maximum Gasteiger partial charge on any atom is 0.347 e. The number of ether oxygens (including phenoxy) is 3. The third kappa shape index (κ3) is 3.09. The molecule has 0 amide bonds. The van der Waals surface area contributed by atoms with Crippen molar-refractivity contribution in [3.8, 4) is 0 Å². The summed E-state index contributed by atoms with van der Waals surface area (Å²) in [5.41, 5.74) is 0.340. The second-order valence-electron chi connectivity index (χ2n) is 4.91. The third-order valence-electron chi connectivity index (χ3n) is 3.40. The number of esters is 3. The number of cyclic esters (lactones) is 2. The van der Waals surface area contributed by atoms with Crippen LogP contribution >= 0.6 is 11.8 Å². The van der Waals surface area contributed by atoms with Gasteiger partial charge in [-0.2, -0.15) is 0 Å². The van der Waals surface area contributed by atoms with Crippen LogP contribution in [0.5, 0.6) is 0 Å². The first-order chi connectivity index (χ1) is 10.6. The van der Waals surface area contributed by atoms with Gasteiger partial charge in [0.15, 0.2) is 0 Å². The summed E-state index contributed by atoms with van der Waals surface area (Å²) in [6.07, 6.45) is 0.137. The number of rotatable bonds is 4. The average Bonchev–Trinajstić information content (AvgIpc) is 3.09. The molecule has 2 aliphatic heterocycles. The van der Waals surface area contributed by atoms with Crippen molar-refractivity contribution in [2.24, 2.45) is 0 Å². The summed E-state index contributed by atoms with van der Waals surface area (Å²) >= 11 is 1.28. The largest absolute Gasteiger partial charge is 0.465 e. The molecule has 2 aliphatic rings. The van der Waals surface area contributed by atoms with Crippen molar-refractivity contribution in [1.82, 2.24) is 0 Å². The Bertz CT molecular complexity index is 614. The van der Waals surface area contributed by atoms with E-state index in [0.29, 0.717) is 29.9 Å². The first-order valence-electron chi connectivity index (χ1n) is 6.95. The van der Waals surface area contributed by atoms with Gasteiger partial charge in [0.1, 0.15) is 5.25 Å². The Hall–Kier alpha value is -2.02. The summed E-state index contributed by atoms with van der Waals surface area (Å²) in [7, 11) is 0. The maximum atomic E-state index is 12.3. The van der Waals surface area contributed by atoms with Gasteiger partial charge in [0, 0.05) is 17.7 Å². The Balaban J connectivity index is 1.74. The molecule has 7 heteroatoms. The summed E-state index contributed by atoms with van der Waals surface area (Å²) < 4.78 is 14.9. The molecule has 0 bridgehead atoms. The van der Waals surface area contributed by atoms with Crippen molar-refractivity contribution in [2.75, 3.05) is 13.2 Å². The fourth-order valence-corrected chi connectivity index (χ4v) is 3.37. The van der Waals surface area contributed by atoms with E-state index < -0.39 is 18.0 Å². The molecule has 1 aromatic carbocycles. The number of hydrogen-bond donors (Lipinski definition) is 0. The number of benzene rings is 1. The number of thioether (sulfide) groups is 1. The highest BCUT2D eigenvalue weighted by atomic mass is 32.2. The smallest absolute Gasteiger partial charge is 0.347 e. The number of carbonyl (C=O) groups is 3. The van der Waals surface area contributed by atoms with Gasteiger partial charge in [0.25, 0.3) is 0 Å². The van der Waals surface area contributed by atoms with E-state index in [9.17, 15) is 14.4 Å². The molecule has 0 radical (unpaired) electrons. The van der Waals surface area contributed by atoms with E-state index in [1.54, 1.807) is 24.3 Å². The molecule has 3 rings (SSSR count). The maximum absolute atomic E-state index is 12.3. The predicted molar refractivity (Wildman–Crippen MR) is 76.4 cm³/mol. The topological polar surface area (TPSA) is 78.9 Å². The molecule has 1 aromatic rings. The Morgan fingerprint density at radius 2 is 1.82 bits per heavy atom. The van der Waals surface area contributed by atoms with E-state index >= 15 is 0 Å². The Morgan fingerprint density at radius 3 is 2.50 bits per heavy atom. The van der Waals surface area contributed by atoms with Crippen LogP contribution in [-0.2, 0) is 23.8 Å². The second kappa shape index (κ2) is 6.39. The Labute approximate surface area is 131 Å². The van der Waals surface area contributed by atoms with Crippen LogP contribution in [0.4, 0.5) is 0 Å². The van der Waals surface area contributed by atoms with Crippen LogP contribution in [0.2, 0.25) is 0 Å². The minimum absolute atomic E-state index is 0.265. The standard InChI is InChI=1S/C15H14O6S/c16-13(21-10-5-7-19-14(10)17)9-3-1-2-4-11(9)22-12-6-8-20-15(12)18/h1-4,10,12H,5-8H2/t10-,12+/m1/s1. The van der Waals surface area contributed by atoms with Crippen molar-refractivity contribution in [2.45, 2.75) is 29.1 Å². The molecule has 22 heavy (non-hydrogen) atoms. The van der Waals surface area contributed by atoms with Crippen molar-refractivity contribution in [3.63, 3.8) is 0 Å². The summed E-state index contributed by atoms with van der Waals surface area (Å²) in [5, 5.41) is -0.314. The molecular weight excluding hydrogens is 308 g/mol. The number of hydrogen-bond acceptors (Lipinski definition) is 7. The molecule has 0 aliphatic carbocycles. The van der Waals surface area contributed by atoms with Crippen molar-refractivity contribution in [3.05, 3.63) is 29.8 Å². The Kier molecular flexibility index (Phi) is 4.33. The molecule has 0 saturated carbocycles. The lowest BCUT2D eigenvalue weighted by Gasteiger charge is -2.12. The van der Waals surface area contributed by atoms with E-state index in [0.717, 1.165) is 0 Å². The van der Waals surface area contributed by atoms with Gasteiger partial charge in [0.05, 0.1) is 18.8 Å². The molecule has 2 fully saturated rings. The van der Waals surface area contributed by atoms with Gasteiger partial charge in [-0.3, -0.25) is 4.79 Å². The second-order valence-corrected chi connectivity index (χ2v) is 6.15. The monoisotopic (exact) mass is 322 g/mol. The summed E-state index contributed by atoms with van der Waals surface area (Å²) in [5.74, 6) is -1.37. The average molecular weight is 322 g/mol. The first kappa shape index (κ1) is 14.9. The molecule has 2 atom stereocenters. The van der Waals surface area contributed by atoms with Crippen LogP contribution in [0, 0.1) is 0 Å². The minimum Gasteiger partial charge on any atom is -0.465 e. The summed E-state index contributed by atoms with van der Waals surface area (Å²) in [6, 6.07) is 6.86. The van der Waals surface area contributed by atoms with Gasteiger partial charge >= 0.3 is 17.9 Å². The lowest BCUT2D eigenvalue weighted by atomic mass is 10.2. The minimum atomic E-state index is -0.845. The van der Waals surface area contributed by atoms with E-state index in [1.165, 1.54) is 11.8 Å². The van der Waals surface area contributed by atoms with Gasteiger partial charge in [0.2, 0.25) is 6.10 Å². The predicted octanol–water partition coefficient (Wildman–Crippen LogP) is 1.57. The van der Waals surface area contributed by atoms with Crippen LogP contribution in [0.25, 0.3) is 0 Å². The zero-order valence-corrected chi connectivity index (χ0v) is 12.5. The summed E-state index contributed by atoms with van der Waals surface area (Å²) in [6.45, 7) is 0.665. The molecule has 0 spiro atoms. The Morgan fingerprint density at radius 1 is 1.09 bits per heavy atom. The molecule has 0 unspecified atom stereocenters. The first-order valence-corrected chi connectivity index (χ1v) is 7.83. The van der Waals surface area contributed by atoms with E-state index in [-0.39, 0.29) is 17.8 Å². The highest BCUT2D eigenvalue weighted by Crippen LogP contribution is 2.32. The quantitative estimate of drug-likeness (QED) is 0.615. The fourth-order valence-electron chi connectivity index (χ4n) is 2.25. The lowest BCUT2D eigenvalue weighted by molar-refractivity contribution is -0.145. The van der Waals surface area contributed by atoms with Gasteiger partial charge in [-0.25, -0.2) is 9.59 Å². The SMILES string of the molecule is O=C(O[C@@H]1CCOC1=O)c1ccccc1S[C@H]1CCOC1=O. The van der Waals surface area contributed by atoms with E-state index in [1.807, 2.05) is 0 Å². The van der Waals surface area contributed by atoms with Gasteiger partial charge < -0.3 is 14.2 Å².